The molecule has 5 nitrogen and oxygen atoms in total. The molecule has 0 unspecified atom stereocenters. The largest absolute Gasteiger partial charge is 0.317 e. The molecule has 1 heterocycles. The summed E-state index contributed by atoms with van der Waals surface area (Å²) in [7, 11) is 0. The van der Waals surface area contributed by atoms with Crippen LogP contribution in [0.1, 0.15) is 10.6 Å². The Kier molecular flexibility index (Phi) is 3.98. The van der Waals surface area contributed by atoms with Crippen LogP contribution in [0, 0.1) is 23.3 Å². The van der Waals surface area contributed by atoms with Crippen LogP contribution in [0.15, 0.2) is 42.7 Å². The molecule has 0 aliphatic heterocycles. The quantitative estimate of drug-likeness (QED) is 0.748. The van der Waals surface area contributed by atoms with Gasteiger partial charge in [0.1, 0.15) is 18.0 Å². The number of rotatable bonds is 3. The monoisotopic (exact) mass is 336 g/mol. The van der Waals surface area contributed by atoms with Gasteiger partial charge in [-0.2, -0.15) is 0 Å². The maximum atomic E-state index is 13.5. The lowest BCUT2D eigenvalue weighted by Gasteiger charge is -2.04. The summed E-state index contributed by atoms with van der Waals surface area (Å²) in [6, 6.07) is 5.67. The Morgan fingerprint density at radius 2 is 1.75 bits per heavy atom. The zero-order chi connectivity index (χ0) is 17.3. The van der Waals surface area contributed by atoms with E-state index in [2.05, 4.69) is 15.4 Å². The van der Waals surface area contributed by atoms with Gasteiger partial charge in [0.15, 0.2) is 11.6 Å². The predicted octanol–water partition coefficient (Wildman–Crippen LogP) is 3.08. The molecule has 0 atom stereocenters. The van der Waals surface area contributed by atoms with Gasteiger partial charge in [0.2, 0.25) is 5.82 Å². The molecule has 9 heteroatoms. The first kappa shape index (κ1) is 15.7. The minimum Gasteiger partial charge on any atom is -0.317 e. The molecule has 0 radical (unpaired) electrons. The van der Waals surface area contributed by atoms with Crippen LogP contribution in [-0.4, -0.2) is 20.7 Å². The van der Waals surface area contributed by atoms with E-state index in [9.17, 15) is 22.4 Å². The fourth-order valence-corrected chi connectivity index (χ4v) is 1.89. The second-order valence-corrected chi connectivity index (χ2v) is 4.69. The van der Waals surface area contributed by atoms with Gasteiger partial charge in [-0.15, -0.1) is 5.10 Å². The van der Waals surface area contributed by atoms with Crippen LogP contribution in [0.5, 0.6) is 0 Å². The van der Waals surface area contributed by atoms with Gasteiger partial charge in [-0.3, -0.25) is 4.79 Å². The van der Waals surface area contributed by atoms with E-state index < -0.39 is 29.2 Å². The highest BCUT2D eigenvalue weighted by Gasteiger charge is 2.15. The molecule has 24 heavy (non-hydrogen) atoms. The third-order valence-electron chi connectivity index (χ3n) is 3.04. The maximum absolute atomic E-state index is 13.5. The molecule has 1 N–H and O–H groups in total. The van der Waals surface area contributed by atoms with Crippen molar-refractivity contribution in [1.29, 1.82) is 0 Å². The van der Waals surface area contributed by atoms with Gasteiger partial charge in [0, 0.05) is 12.1 Å². The summed E-state index contributed by atoms with van der Waals surface area (Å²) in [6.07, 6.45) is 1.11. The zero-order valence-corrected chi connectivity index (χ0v) is 11.8. The molecule has 0 saturated heterocycles. The first-order valence-electron chi connectivity index (χ1n) is 6.57. The van der Waals surface area contributed by atoms with Crippen molar-refractivity contribution in [3.05, 3.63) is 71.8 Å². The molecule has 122 valence electrons. The van der Waals surface area contributed by atoms with Crippen molar-refractivity contribution in [2.75, 3.05) is 5.32 Å². The molecular formula is C15H8F4N4O. The number of carbonyl (C=O) groups excluding carboxylic acids is 1. The van der Waals surface area contributed by atoms with Crippen molar-refractivity contribution in [2.45, 2.75) is 0 Å². The number of nitrogens with one attached hydrogen (secondary N) is 1. The fraction of sp³-hybridized carbons (Fsp3) is 0. The lowest BCUT2D eigenvalue weighted by atomic mass is 10.3. The number of aromatic nitrogens is 3. The molecule has 1 amide bonds. The second kappa shape index (κ2) is 6.11. The average molecular weight is 336 g/mol. The topological polar surface area (TPSA) is 59.8 Å². The molecule has 3 rings (SSSR count). The summed E-state index contributed by atoms with van der Waals surface area (Å²) in [5.74, 6) is -5.02. The number of nitrogens with zero attached hydrogens (tertiary/aromatic N) is 3. The second-order valence-electron chi connectivity index (χ2n) is 4.69. The first-order valence-corrected chi connectivity index (χ1v) is 6.57. The molecule has 0 aliphatic rings. The highest BCUT2D eigenvalue weighted by molar-refractivity contribution is 6.01. The third kappa shape index (κ3) is 3.09. The number of hydrogen-bond donors (Lipinski definition) is 1. The van der Waals surface area contributed by atoms with E-state index in [1.54, 1.807) is 0 Å². The number of anilines is 1. The Morgan fingerprint density at radius 1 is 0.958 bits per heavy atom. The zero-order valence-electron chi connectivity index (χ0n) is 11.8. The molecule has 0 aliphatic carbocycles. The van der Waals surface area contributed by atoms with Crippen molar-refractivity contribution in [2.24, 2.45) is 0 Å². The summed E-state index contributed by atoms with van der Waals surface area (Å²) in [5.41, 5.74) is -0.0982. The van der Waals surface area contributed by atoms with Crippen LogP contribution < -0.4 is 5.32 Å². The van der Waals surface area contributed by atoms with Gasteiger partial charge in [0.25, 0.3) is 5.91 Å². The van der Waals surface area contributed by atoms with E-state index in [0.717, 1.165) is 35.3 Å². The van der Waals surface area contributed by atoms with Crippen LogP contribution in [0.4, 0.5) is 23.2 Å². The fourth-order valence-electron chi connectivity index (χ4n) is 1.89. The Bertz CT molecular complexity index is 926. The van der Waals surface area contributed by atoms with Gasteiger partial charge in [-0.05, 0) is 24.3 Å². The first-order chi connectivity index (χ1) is 11.4. The van der Waals surface area contributed by atoms with E-state index >= 15 is 0 Å². The van der Waals surface area contributed by atoms with Gasteiger partial charge >= 0.3 is 0 Å². The van der Waals surface area contributed by atoms with Gasteiger partial charge in [0.05, 0.1) is 11.4 Å². The summed E-state index contributed by atoms with van der Waals surface area (Å²) in [4.78, 5) is 15.7. The molecule has 0 saturated carbocycles. The number of halogens is 4. The van der Waals surface area contributed by atoms with Crippen molar-refractivity contribution >= 4 is 11.6 Å². The lowest BCUT2D eigenvalue weighted by molar-refractivity contribution is 0.101. The smallest absolute Gasteiger partial charge is 0.295 e. The van der Waals surface area contributed by atoms with Crippen LogP contribution in [0.2, 0.25) is 0 Å². The molecule has 0 fully saturated rings. The average Bonchev–Trinajstić information content (AvgIpc) is 3.03. The third-order valence-corrected chi connectivity index (χ3v) is 3.04. The molecule has 2 aromatic carbocycles. The minimum atomic E-state index is -1.08. The highest BCUT2D eigenvalue weighted by Crippen LogP contribution is 2.16. The van der Waals surface area contributed by atoms with Crippen molar-refractivity contribution < 1.29 is 22.4 Å². The van der Waals surface area contributed by atoms with E-state index in [4.69, 9.17) is 0 Å². The van der Waals surface area contributed by atoms with Crippen molar-refractivity contribution in [1.82, 2.24) is 14.8 Å². The molecule has 1 aromatic heterocycles. The lowest BCUT2D eigenvalue weighted by Crippen LogP contribution is -2.15. The molecule has 0 bridgehead atoms. The molecular weight excluding hydrogens is 328 g/mol. The van der Waals surface area contributed by atoms with E-state index in [1.165, 1.54) is 6.07 Å². The van der Waals surface area contributed by atoms with Gasteiger partial charge < -0.3 is 5.32 Å². The van der Waals surface area contributed by atoms with Gasteiger partial charge in [-0.25, -0.2) is 27.2 Å². The van der Waals surface area contributed by atoms with Crippen LogP contribution in [0.25, 0.3) is 5.69 Å². The predicted molar refractivity (Wildman–Crippen MR) is 75.6 cm³/mol. The van der Waals surface area contributed by atoms with E-state index in [0.29, 0.717) is 6.07 Å². The van der Waals surface area contributed by atoms with Crippen LogP contribution in [-0.2, 0) is 0 Å². The van der Waals surface area contributed by atoms with E-state index in [-0.39, 0.29) is 17.2 Å². The molecule has 0 spiro atoms. The summed E-state index contributed by atoms with van der Waals surface area (Å²) < 4.78 is 53.5. The van der Waals surface area contributed by atoms with Crippen molar-refractivity contribution in [3.8, 4) is 5.69 Å². The normalized spacial score (nSPS) is 10.7. The number of amides is 1. The summed E-state index contributed by atoms with van der Waals surface area (Å²) in [5, 5.41) is 5.99. The SMILES string of the molecule is O=C(Nc1ccc(F)cc1F)c1ncn(-c2ccc(F)c(F)c2)n1. The van der Waals surface area contributed by atoms with Crippen molar-refractivity contribution in [3.63, 3.8) is 0 Å². The molecule has 3 aromatic rings. The number of hydrogen-bond acceptors (Lipinski definition) is 3. The van der Waals surface area contributed by atoms with Crippen LogP contribution in [0.3, 0.4) is 0 Å². The van der Waals surface area contributed by atoms with Crippen LogP contribution >= 0.6 is 0 Å². The standard InChI is InChI=1S/C15H8F4N4O/c16-8-1-4-13(12(19)5-8)21-15(24)14-20-7-23(22-14)9-2-3-10(17)11(18)6-9/h1-7H,(H,21,24). The van der Waals surface area contributed by atoms with E-state index in [1.807, 2.05) is 0 Å². The highest BCUT2D eigenvalue weighted by atomic mass is 19.2. The number of benzene rings is 2. The number of carbonyl (C=O) groups is 1. The Morgan fingerprint density at radius 3 is 2.46 bits per heavy atom. The summed E-state index contributed by atoms with van der Waals surface area (Å²) >= 11 is 0. The minimum absolute atomic E-state index is 0.147. The Hall–Kier alpha value is -3.23. The summed E-state index contributed by atoms with van der Waals surface area (Å²) in [6.45, 7) is 0. The Balaban J connectivity index is 1.82. The van der Waals surface area contributed by atoms with Gasteiger partial charge in [-0.1, -0.05) is 0 Å². The Labute approximate surface area is 132 Å². The maximum Gasteiger partial charge on any atom is 0.295 e.